The number of amides is 1. The number of alkyl halides is 3. The number of hydrogen-bond donors (Lipinski definition) is 1. The van der Waals surface area contributed by atoms with Crippen molar-refractivity contribution in [2.45, 2.75) is 25.3 Å². The van der Waals surface area contributed by atoms with Crippen LogP contribution in [0.2, 0.25) is 0 Å². The standard InChI is InChI=1S/C18H13F3N4O4/c19-18(20,21)29-13-3-1-2-10(6-13)14-7-15(24-17(27)28-12-4-5-12)25-16(23-14)11(9-26)8-22-25/h1-3,6-9,12H,4-5H2,(H,24,27). The number of carbonyl (C=O) groups excluding carboxylic acids is 2. The van der Waals surface area contributed by atoms with Crippen molar-refractivity contribution in [3.05, 3.63) is 42.1 Å². The lowest BCUT2D eigenvalue weighted by Crippen LogP contribution is -2.17. The fourth-order valence-corrected chi connectivity index (χ4v) is 2.62. The zero-order valence-electron chi connectivity index (χ0n) is 14.6. The van der Waals surface area contributed by atoms with E-state index < -0.39 is 18.2 Å². The highest BCUT2D eigenvalue weighted by molar-refractivity contribution is 5.88. The van der Waals surface area contributed by atoms with Gasteiger partial charge in [0.05, 0.1) is 17.5 Å². The van der Waals surface area contributed by atoms with Crippen LogP contribution in [0, 0.1) is 0 Å². The van der Waals surface area contributed by atoms with Gasteiger partial charge in [0.15, 0.2) is 11.9 Å². The lowest BCUT2D eigenvalue weighted by Gasteiger charge is -2.12. The van der Waals surface area contributed by atoms with E-state index in [1.165, 1.54) is 28.9 Å². The number of aromatic nitrogens is 3. The number of hydrogen-bond acceptors (Lipinski definition) is 6. The minimum Gasteiger partial charge on any atom is -0.446 e. The number of aldehydes is 1. The summed E-state index contributed by atoms with van der Waals surface area (Å²) in [5, 5.41) is 6.55. The Balaban J connectivity index is 1.75. The van der Waals surface area contributed by atoms with Crippen LogP contribution < -0.4 is 10.1 Å². The maximum Gasteiger partial charge on any atom is 0.573 e. The summed E-state index contributed by atoms with van der Waals surface area (Å²) in [7, 11) is 0. The van der Waals surface area contributed by atoms with Gasteiger partial charge in [0.25, 0.3) is 0 Å². The average molecular weight is 406 g/mol. The van der Waals surface area contributed by atoms with Crippen molar-refractivity contribution < 1.29 is 32.2 Å². The van der Waals surface area contributed by atoms with Crippen molar-refractivity contribution in [3.8, 4) is 17.0 Å². The van der Waals surface area contributed by atoms with E-state index >= 15 is 0 Å². The van der Waals surface area contributed by atoms with Gasteiger partial charge in [-0.3, -0.25) is 10.1 Å². The molecule has 1 saturated carbocycles. The molecule has 2 heterocycles. The van der Waals surface area contributed by atoms with E-state index in [4.69, 9.17) is 4.74 Å². The molecule has 150 valence electrons. The number of benzene rings is 1. The van der Waals surface area contributed by atoms with E-state index in [2.05, 4.69) is 20.1 Å². The number of anilines is 1. The Bertz CT molecular complexity index is 1090. The molecule has 4 rings (SSSR count). The van der Waals surface area contributed by atoms with Gasteiger partial charge in [-0.15, -0.1) is 13.2 Å². The number of halogens is 3. The van der Waals surface area contributed by atoms with E-state index in [-0.39, 0.29) is 34.4 Å². The molecule has 2 aromatic heterocycles. The topological polar surface area (TPSA) is 94.8 Å². The molecule has 8 nitrogen and oxygen atoms in total. The van der Waals surface area contributed by atoms with Crippen LogP contribution in [0.4, 0.5) is 23.8 Å². The van der Waals surface area contributed by atoms with E-state index in [0.717, 1.165) is 25.0 Å². The third-order valence-electron chi connectivity index (χ3n) is 4.02. The van der Waals surface area contributed by atoms with Crippen LogP contribution >= 0.6 is 0 Å². The van der Waals surface area contributed by atoms with Gasteiger partial charge >= 0.3 is 12.5 Å². The van der Waals surface area contributed by atoms with Crippen LogP contribution in [0.3, 0.4) is 0 Å². The van der Waals surface area contributed by atoms with Gasteiger partial charge in [-0.05, 0) is 25.0 Å². The van der Waals surface area contributed by atoms with Crippen molar-refractivity contribution in [2.24, 2.45) is 0 Å². The molecular formula is C18H13F3N4O4. The lowest BCUT2D eigenvalue weighted by atomic mass is 10.1. The summed E-state index contributed by atoms with van der Waals surface area (Å²) < 4.78 is 47.8. The SMILES string of the molecule is O=Cc1cnn2c(NC(=O)OC3CC3)cc(-c3cccc(OC(F)(F)F)c3)nc12. The molecule has 0 aliphatic heterocycles. The lowest BCUT2D eigenvalue weighted by molar-refractivity contribution is -0.274. The first kappa shape index (κ1) is 18.7. The van der Waals surface area contributed by atoms with Crippen molar-refractivity contribution in [3.63, 3.8) is 0 Å². The van der Waals surface area contributed by atoms with Gasteiger partial charge in [0.1, 0.15) is 17.7 Å². The van der Waals surface area contributed by atoms with Crippen LogP contribution in [0.1, 0.15) is 23.2 Å². The first-order valence-corrected chi connectivity index (χ1v) is 8.50. The smallest absolute Gasteiger partial charge is 0.446 e. The molecule has 1 aliphatic rings. The van der Waals surface area contributed by atoms with E-state index in [1.807, 2.05) is 0 Å². The Kier molecular flexibility index (Phi) is 4.57. The number of ether oxygens (including phenoxy) is 2. The monoisotopic (exact) mass is 406 g/mol. The molecule has 1 N–H and O–H groups in total. The molecule has 0 spiro atoms. The molecule has 0 unspecified atom stereocenters. The summed E-state index contributed by atoms with van der Waals surface area (Å²) in [5.41, 5.74) is 0.760. The maximum atomic E-state index is 12.5. The minimum absolute atomic E-state index is 0.126. The van der Waals surface area contributed by atoms with Crippen LogP contribution in [0.5, 0.6) is 5.75 Å². The third kappa shape index (κ3) is 4.28. The number of rotatable bonds is 5. The zero-order valence-corrected chi connectivity index (χ0v) is 14.6. The van der Waals surface area contributed by atoms with Crippen LogP contribution in [-0.4, -0.2) is 39.4 Å². The minimum atomic E-state index is -4.84. The van der Waals surface area contributed by atoms with Gasteiger partial charge in [0, 0.05) is 11.6 Å². The molecule has 1 amide bonds. The van der Waals surface area contributed by atoms with Crippen LogP contribution in [0.15, 0.2) is 36.5 Å². The van der Waals surface area contributed by atoms with Gasteiger partial charge in [-0.2, -0.15) is 9.61 Å². The zero-order chi connectivity index (χ0) is 20.6. The Labute approximate surface area is 161 Å². The molecule has 11 heteroatoms. The highest BCUT2D eigenvalue weighted by Gasteiger charge is 2.31. The van der Waals surface area contributed by atoms with E-state index in [9.17, 15) is 22.8 Å². The Morgan fingerprint density at radius 1 is 1.28 bits per heavy atom. The van der Waals surface area contributed by atoms with Crippen LogP contribution in [-0.2, 0) is 4.74 Å². The second-order valence-corrected chi connectivity index (χ2v) is 6.29. The molecule has 1 aliphatic carbocycles. The largest absolute Gasteiger partial charge is 0.573 e. The summed E-state index contributed by atoms with van der Waals surface area (Å²) in [4.78, 5) is 27.6. The van der Waals surface area contributed by atoms with Crippen molar-refractivity contribution in [1.29, 1.82) is 0 Å². The molecule has 0 atom stereocenters. The second kappa shape index (κ2) is 7.08. The van der Waals surface area contributed by atoms with E-state index in [0.29, 0.717) is 6.29 Å². The molecule has 29 heavy (non-hydrogen) atoms. The van der Waals surface area contributed by atoms with Crippen LogP contribution in [0.25, 0.3) is 16.9 Å². The Hall–Kier alpha value is -3.63. The summed E-state index contributed by atoms with van der Waals surface area (Å²) >= 11 is 0. The fourth-order valence-electron chi connectivity index (χ4n) is 2.62. The highest BCUT2D eigenvalue weighted by Crippen LogP contribution is 2.29. The van der Waals surface area contributed by atoms with E-state index in [1.54, 1.807) is 0 Å². The van der Waals surface area contributed by atoms with Gasteiger partial charge < -0.3 is 9.47 Å². The Morgan fingerprint density at radius 2 is 2.07 bits per heavy atom. The number of carbonyl (C=O) groups is 2. The summed E-state index contributed by atoms with van der Waals surface area (Å²) in [5.74, 6) is -0.283. The first-order valence-electron chi connectivity index (χ1n) is 8.50. The number of nitrogens with zero attached hydrogens (tertiary/aromatic N) is 3. The number of nitrogens with one attached hydrogen (secondary N) is 1. The third-order valence-corrected chi connectivity index (χ3v) is 4.02. The maximum absolute atomic E-state index is 12.5. The number of fused-ring (bicyclic) bond motifs is 1. The molecular weight excluding hydrogens is 393 g/mol. The summed E-state index contributed by atoms with van der Waals surface area (Å²) in [6, 6.07) is 6.60. The molecule has 0 bridgehead atoms. The normalized spacial score (nSPS) is 13.9. The average Bonchev–Trinajstić information content (AvgIpc) is 3.36. The predicted octanol–water partition coefficient (Wildman–Crippen LogP) is 3.82. The van der Waals surface area contributed by atoms with Gasteiger partial charge in [-0.25, -0.2) is 9.78 Å². The van der Waals surface area contributed by atoms with Gasteiger partial charge in [-0.1, -0.05) is 12.1 Å². The molecule has 1 fully saturated rings. The van der Waals surface area contributed by atoms with Crippen molar-refractivity contribution in [2.75, 3.05) is 5.32 Å². The van der Waals surface area contributed by atoms with Crippen molar-refractivity contribution >= 4 is 23.8 Å². The molecule has 1 aromatic carbocycles. The predicted molar refractivity (Wildman–Crippen MR) is 93.6 cm³/mol. The quantitative estimate of drug-likeness (QED) is 0.648. The molecule has 0 saturated heterocycles. The van der Waals surface area contributed by atoms with Gasteiger partial charge in [0.2, 0.25) is 0 Å². The fraction of sp³-hybridized carbons (Fsp3) is 0.222. The first-order chi connectivity index (χ1) is 13.8. The molecule has 0 radical (unpaired) electrons. The summed E-state index contributed by atoms with van der Waals surface area (Å²) in [6.07, 6.45) is -2.31. The Morgan fingerprint density at radius 3 is 2.76 bits per heavy atom. The van der Waals surface area contributed by atoms with Crippen molar-refractivity contribution in [1.82, 2.24) is 14.6 Å². The molecule has 3 aromatic rings. The summed E-state index contributed by atoms with van der Waals surface area (Å²) in [6.45, 7) is 0. The second-order valence-electron chi connectivity index (χ2n) is 6.29. The highest BCUT2D eigenvalue weighted by atomic mass is 19.4.